The van der Waals surface area contributed by atoms with Gasteiger partial charge in [-0.05, 0) is 42.8 Å². The van der Waals surface area contributed by atoms with Crippen LogP contribution in [0.5, 0.6) is 0 Å². The SMILES string of the molecule is Cc1c(Br)cccc1Nc1ccc(N)c2cnccc12. The van der Waals surface area contributed by atoms with Crippen LogP contribution < -0.4 is 11.1 Å². The van der Waals surface area contributed by atoms with Crippen LogP contribution in [0.25, 0.3) is 10.8 Å². The van der Waals surface area contributed by atoms with Crippen molar-refractivity contribution in [2.75, 3.05) is 11.1 Å². The summed E-state index contributed by atoms with van der Waals surface area (Å²) in [5.74, 6) is 0. The van der Waals surface area contributed by atoms with Crippen LogP contribution in [0.4, 0.5) is 17.1 Å². The van der Waals surface area contributed by atoms with Crippen LogP contribution in [0.3, 0.4) is 0 Å². The normalized spacial score (nSPS) is 10.7. The molecule has 0 aliphatic carbocycles. The molecule has 0 saturated carbocycles. The third-order valence-electron chi connectivity index (χ3n) is 3.39. The predicted molar refractivity (Wildman–Crippen MR) is 88.3 cm³/mol. The number of aromatic nitrogens is 1. The molecular formula is C16H14BrN3. The second kappa shape index (κ2) is 5.13. The highest BCUT2D eigenvalue weighted by Crippen LogP contribution is 2.32. The molecule has 0 spiro atoms. The van der Waals surface area contributed by atoms with Crippen molar-refractivity contribution in [3.63, 3.8) is 0 Å². The topological polar surface area (TPSA) is 50.9 Å². The lowest BCUT2D eigenvalue weighted by atomic mass is 10.1. The van der Waals surface area contributed by atoms with Gasteiger partial charge in [-0.2, -0.15) is 0 Å². The molecule has 100 valence electrons. The Bertz CT molecular complexity index is 784. The summed E-state index contributed by atoms with van der Waals surface area (Å²) < 4.78 is 1.09. The maximum Gasteiger partial charge on any atom is 0.0466 e. The molecule has 0 aliphatic heterocycles. The van der Waals surface area contributed by atoms with E-state index in [1.807, 2.05) is 30.3 Å². The summed E-state index contributed by atoms with van der Waals surface area (Å²) in [5, 5.41) is 5.50. The maximum atomic E-state index is 6.00. The average Bonchev–Trinajstić information content (AvgIpc) is 2.47. The first-order valence-corrected chi connectivity index (χ1v) is 7.10. The Hall–Kier alpha value is -2.07. The molecule has 0 saturated heterocycles. The van der Waals surface area contributed by atoms with Crippen LogP contribution in [0.1, 0.15) is 5.56 Å². The molecule has 3 N–H and O–H groups in total. The molecule has 4 heteroatoms. The van der Waals surface area contributed by atoms with E-state index in [4.69, 9.17) is 5.73 Å². The second-order valence-electron chi connectivity index (χ2n) is 4.66. The highest BCUT2D eigenvalue weighted by atomic mass is 79.9. The highest BCUT2D eigenvalue weighted by molar-refractivity contribution is 9.10. The minimum atomic E-state index is 0.740. The number of nitrogens with two attached hydrogens (primary N) is 1. The van der Waals surface area contributed by atoms with E-state index in [1.54, 1.807) is 12.4 Å². The van der Waals surface area contributed by atoms with Crippen molar-refractivity contribution in [3.8, 4) is 0 Å². The molecule has 0 atom stereocenters. The Labute approximate surface area is 126 Å². The van der Waals surface area contributed by atoms with Gasteiger partial charge in [0.25, 0.3) is 0 Å². The van der Waals surface area contributed by atoms with Gasteiger partial charge in [0.05, 0.1) is 0 Å². The minimum Gasteiger partial charge on any atom is -0.398 e. The van der Waals surface area contributed by atoms with Crippen LogP contribution in [0.15, 0.2) is 53.3 Å². The lowest BCUT2D eigenvalue weighted by Crippen LogP contribution is -1.96. The van der Waals surface area contributed by atoms with Crippen molar-refractivity contribution < 1.29 is 0 Å². The number of pyridine rings is 1. The fourth-order valence-corrected chi connectivity index (χ4v) is 2.58. The molecule has 20 heavy (non-hydrogen) atoms. The lowest BCUT2D eigenvalue weighted by molar-refractivity contribution is 1.36. The van der Waals surface area contributed by atoms with Crippen molar-refractivity contribution >= 4 is 43.8 Å². The van der Waals surface area contributed by atoms with Crippen molar-refractivity contribution in [1.82, 2.24) is 4.98 Å². The van der Waals surface area contributed by atoms with Crippen molar-refractivity contribution in [1.29, 1.82) is 0 Å². The largest absolute Gasteiger partial charge is 0.398 e. The number of hydrogen-bond donors (Lipinski definition) is 2. The smallest absolute Gasteiger partial charge is 0.0466 e. The first kappa shape index (κ1) is 12.9. The van der Waals surface area contributed by atoms with Crippen molar-refractivity contribution in [2.24, 2.45) is 0 Å². The number of nitrogens with one attached hydrogen (secondary N) is 1. The van der Waals surface area contributed by atoms with E-state index in [9.17, 15) is 0 Å². The van der Waals surface area contributed by atoms with Crippen molar-refractivity contribution in [2.45, 2.75) is 6.92 Å². The Morgan fingerprint density at radius 1 is 1.05 bits per heavy atom. The van der Waals surface area contributed by atoms with E-state index in [2.05, 4.69) is 39.2 Å². The summed E-state index contributed by atoms with van der Waals surface area (Å²) in [5.41, 5.74) is 10.0. The Morgan fingerprint density at radius 2 is 1.90 bits per heavy atom. The van der Waals surface area contributed by atoms with E-state index < -0.39 is 0 Å². The summed E-state index contributed by atoms with van der Waals surface area (Å²) in [7, 11) is 0. The molecule has 0 amide bonds. The van der Waals surface area contributed by atoms with Gasteiger partial charge in [-0.15, -0.1) is 0 Å². The van der Waals surface area contributed by atoms with Gasteiger partial charge >= 0.3 is 0 Å². The monoisotopic (exact) mass is 327 g/mol. The quantitative estimate of drug-likeness (QED) is 0.674. The summed E-state index contributed by atoms with van der Waals surface area (Å²) in [6.45, 7) is 2.08. The molecule has 0 aliphatic rings. The van der Waals surface area contributed by atoms with Crippen LogP contribution >= 0.6 is 15.9 Å². The summed E-state index contributed by atoms with van der Waals surface area (Å²) >= 11 is 3.55. The number of halogens is 1. The first-order valence-electron chi connectivity index (χ1n) is 6.31. The molecule has 3 nitrogen and oxygen atoms in total. The number of nitrogens with zero attached hydrogens (tertiary/aromatic N) is 1. The number of fused-ring (bicyclic) bond motifs is 1. The number of benzene rings is 2. The highest BCUT2D eigenvalue weighted by Gasteiger charge is 2.06. The molecule has 1 heterocycles. The van der Waals surface area contributed by atoms with Gasteiger partial charge in [-0.1, -0.05) is 22.0 Å². The Balaban J connectivity index is 2.12. The van der Waals surface area contributed by atoms with Gasteiger partial charge in [0.1, 0.15) is 0 Å². The first-order chi connectivity index (χ1) is 9.66. The summed E-state index contributed by atoms with van der Waals surface area (Å²) in [6, 6.07) is 12.0. The Kier molecular flexibility index (Phi) is 3.32. The zero-order valence-corrected chi connectivity index (χ0v) is 12.6. The molecule has 1 aromatic heterocycles. The van der Waals surface area contributed by atoms with Gasteiger partial charge < -0.3 is 11.1 Å². The molecule has 0 unspecified atom stereocenters. The van der Waals surface area contributed by atoms with Crippen LogP contribution in [0, 0.1) is 6.92 Å². The maximum absolute atomic E-state index is 6.00. The van der Waals surface area contributed by atoms with E-state index in [0.29, 0.717) is 0 Å². The van der Waals surface area contributed by atoms with Crippen LogP contribution in [0.2, 0.25) is 0 Å². The molecule has 2 aromatic carbocycles. The van der Waals surface area contributed by atoms with Crippen molar-refractivity contribution in [3.05, 3.63) is 58.8 Å². The van der Waals surface area contributed by atoms with Crippen LogP contribution in [-0.2, 0) is 0 Å². The number of rotatable bonds is 2. The lowest BCUT2D eigenvalue weighted by Gasteiger charge is -2.13. The average molecular weight is 328 g/mol. The van der Waals surface area contributed by atoms with E-state index >= 15 is 0 Å². The third-order valence-corrected chi connectivity index (χ3v) is 4.25. The molecule has 0 bridgehead atoms. The minimum absolute atomic E-state index is 0.740. The molecule has 3 aromatic rings. The fraction of sp³-hybridized carbons (Fsp3) is 0.0625. The van der Waals surface area contributed by atoms with Gasteiger partial charge in [0, 0.05) is 44.7 Å². The number of anilines is 3. The predicted octanol–water partition coefficient (Wildman–Crippen LogP) is 4.63. The second-order valence-corrected chi connectivity index (χ2v) is 5.52. The number of nitrogen functional groups attached to an aromatic ring is 1. The zero-order chi connectivity index (χ0) is 14.1. The van der Waals surface area contributed by atoms with E-state index in [-0.39, 0.29) is 0 Å². The standard InChI is InChI=1S/C16H14BrN3/c1-10-13(17)3-2-4-15(10)20-16-6-5-14(18)12-9-19-8-7-11(12)16/h2-9,20H,18H2,1H3. The molecule has 0 fully saturated rings. The van der Waals surface area contributed by atoms with Gasteiger partial charge in [-0.3, -0.25) is 4.98 Å². The molecule has 3 rings (SSSR count). The number of hydrogen-bond acceptors (Lipinski definition) is 3. The zero-order valence-electron chi connectivity index (χ0n) is 11.0. The molecule has 0 radical (unpaired) electrons. The molecular weight excluding hydrogens is 314 g/mol. The fourth-order valence-electron chi connectivity index (χ4n) is 2.21. The van der Waals surface area contributed by atoms with E-state index in [1.165, 1.54) is 5.56 Å². The Morgan fingerprint density at radius 3 is 2.75 bits per heavy atom. The summed E-state index contributed by atoms with van der Waals surface area (Å²) in [6.07, 6.45) is 3.57. The summed E-state index contributed by atoms with van der Waals surface area (Å²) in [4.78, 5) is 4.14. The van der Waals surface area contributed by atoms with E-state index in [0.717, 1.165) is 32.3 Å². The van der Waals surface area contributed by atoms with Gasteiger partial charge in [-0.25, -0.2) is 0 Å². The third kappa shape index (κ3) is 2.23. The van der Waals surface area contributed by atoms with Gasteiger partial charge in [0.15, 0.2) is 0 Å². The van der Waals surface area contributed by atoms with Crippen LogP contribution in [-0.4, -0.2) is 4.98 Å². The van der Waals surface area contributed by atoms with Gasteiger partial charge in [0.2, 0.25) is 0 Å².